The van der Waals surface area contributed by atoms with Gasteiger partial charge >= 0.3 is 5.97 Å². The van der Waals surface area contributed by atoms with Crippen molar-refractivity contribution in [2.24, 2.45) is 41.4 Å². The van der Waals surface area contributed by atoms with Crippen molar-refractivity contribution >= 4 is 29.4 Å². The Morgan fingerprint density at radius 2 is 1.67 bits per heavy atom. The Morgan fingerprint density at radius 3 is 2.30 bits per heavy atom. The molecule has 14 heteroatoms. The highest BCUT2D eigenvalue weighted by Crippen LogP contribution is 2.54. The SMILES string of the molecule is CC[C@@H](C(=O)[C@@H](C)[C@@H](O)[C@H](C)[C@@H]1O[C@@H]([C@@H](CC)C(=O)O)CC[C@@H]1C)[C@H]1O[C@]2(C=C[C@H](NC(=O)c3cccnc3SC)[C@]3(CC[C@@](C)([C@H]4CC[C@](O)(CC)[C@H](C)O4)O3)O2)[C@H](C)C[C@@H]1C. The first-order chi connectivity index (χ1) is 29.7. The molecule has 6 rings (SSSR count). The number of rotatable bonds is 15. The molecule has 63 heavy (non-hydrogen) atoms. The number of carbonyl (C=O) groups is 3. The Hall–Kier alpha value is -2.43. The van der Waals surface area contributed by atoms with Gasteiger partial charge in [0.15, 0.2) is 11.6 Å². The minimum Gasteiger partial charge on any atom is -0.481 e. The van der Waals surface area contributed by atoms with E-state index in [1.165, 1.54) is 11.8 Å². The normalized spacial score (nSPS) is 40.6. The van der Waals surface area contributed by atoms with Gasteiger partial charge in [-0.25, -0.2) is 4.98 Å². The summed E-state index contributed by atoms with van der Waals surface area (Å²) < 4.78 is 34.7. The molecule has 354 valence electrons. The largest absolute Gasteiger partial charge is 0.481 e. The third-order valence-corrected chi connectivity index (χ3v) is 16.7. The third kappa shape index (κ3) is 9.71. The number of thioether (sulfide) groups is 1. The summed E-state index contributed by atoms with van der Waals surface area (Å²) in [4.78, 5) is 45.2. The lowest BCUT2D eigenvalue weighted by Gasteiger charge is -2.55. The maximum atomic E-state index is 14.7. The van der Waals surface area contributed by atoms with Gasteiger partial charge in [-0.15, -0.1) is 11.8 Å². The van der Waals surface area contributed by atoms with Gasteiger partial charge in [-0.05, 0) is 108 Å². The number of hydrogen-bond donors (Lipinski definition) is 4. The topological polar surface area (TPSA) is 183 Å². The number of nitrogens with zero attached hydrogens (tertiary/aromatic N) is 1. The first-order valence-corrected chi connectivity index (χ1v) is 25.0. The van der Waals surface area contributed by atoms with Gasteiger partial charge in [0.2, 0.25) is 0 Å². The number of nitrogens with one attached hydrogen (secondary N) is 1. The minimum absolute atomic E-state index is 0.0316. The Morgan fingerprint density at radius 1 is 0.952 bits per heavy atom. The van der Waals surface area contributed by atoms with E-state index in [0.717, 1.165) is 6.42 Å². The minimum atomic E-state index is -1.37. The number of aliphatic carboxylic acids is 1. The number of amides is 1. The fourth-order valence-electron chi connectivity index (χ4n) is 11.6. The molecule has 2 spiro atoms. The zero-order chi connectivity index (χ0) is 46.2. The summed E-state index contributed by atoms with van der Waals surface area (Å²) in [5.41, 5.74) is -1.30. The van der Waals surface area contributed by atoms with Crippen LogP contribution in [0.2, 0.25) is 0 Å². The molecule has 4 saturated heterocycles. The van der Waals surface area contributed by atoms with Crippen molar-refractivity contribution in [3.8, 4) is 0 Å². The van der Waals surface area contributed by atoms with E-state index in [9.17, 15) is 29.7 Å². The molecule has 0 radical (unpaired) electrons. The standard InChI is InChI=1S/C49H76N2O11S/c1-12-33(45(55)56)36-18-17-27(4)41(59-36)31(8)39(52)30(7)40(53)34(13-2)42-28(5)26-29(6)48(60-42)22-19-37(51-43(54)35-16-15-25-50-44(35)63-11)49(62-48)24-23-46(10,61-49)38-20-21-47(57,14-3)32(9)58-38/h15-16,19,22,25,27-34,36-39,41-42,52,57H,12-14,17-18,20-21,23-24,26H2,1-11H3,(H,51,54)(H,55,56)/t27-,28-,29+,30-,31-,32-,33+,34-,36+,37-,38+,39+,41+,42-,46-,47+,48-,49-/m0/s1. The molecule has 5 aliphatic heterocycles. The highest BCUT2D eigenvalue weighted by Gasteiger charge is 2.63. The van der Waals surface area contributed by atoms with Crippen molar-refractivity contribution in [3.05, 3.63) is 36.0 Å². The van der Waals surface area contributed by atoms with E-state index in [1.807, 2.05) is 60.0 Å². The summed E-state index contributed by atoms with van der Waals surface area (Å²) in [5.74, 6) is -6.45. The van der Waals surface area contributed by atoms with E-state index in [-0.39, 0.29) is 35.5 Å². The van der Waals surface area contributed by atoms with Crippen LogP contribution in [0, 0.1) is 41.4 Å². The van der Waals surface area contributed by atoms with Crippen LogP contribution in [0.25, 0.3) is 0 Å². The molecule has 0 unspecified atom stereocenters. The summed E-state index contributed by atoms with van der Waals surface area (Å²) in [6.45, 7) is 19.7. The molecule has 18 atom stereocenters. The molecule has 0 aliphatic carbocycles. The van der Waals surface area contributed by atoms with Crippen LogP contribution >= 0.6 is 11.8 Å². The Bertz CT molecular complexity index is 1820. The van der Waals surface area contributed by atoms with E-state index in [1.54, 1.807) is 25.3 Å². The average Bonchev–Trinajstić information content (AvgIpc) is 3.61. The lowest BCUT2D eigenvalue weighted by molar-refractivity contribution is -0.397. The predicted octanol–water partition coefficient (Wildman–Crippen LogP) is 7.74. The molecular weight excluding hydrogens is 825 g/mol. The van der Waals surface area contributed by atoms with Crippen LogP contribution in [0.15, 0.2) is 35.5 Å². The monoisotopic (exact) mass is 901 g/mol. The van der Waals surface area contributed by atoms with Gasteiger partial charge in [-0.1, -0.05) is 61.5 Å². The highest BCUT2D eigenvalue weighted by atomic mass is 32.2. The van der Waals surface area contributed by atoms with Crippen LogP contribution in [0.1, 0.15) is 144 Å². The molecule has 13 nitrogen and oxygen atoms in total. The first-order valence-electron chi connectivity index (χ1n) is 23.8. The third-order valence-electron chi connectivity index (χ3n) is 16.0. The summed E-state index contributed by atoms with van der Waals surface area (Å²) in [6.07, 6.45) is 9.93. The molecule has 0 saturated carbocycles. The van der Waals surface area contributed by atoms with E-state index in [4.69, 9.17) is 23.7 Å². The molecule has 1 amide bonds. The second kappa shape index (κ2) is 19.8. The number of pyridine rings is 1. The van der Waals surface area contributed by atoms with E-state index >= 15 is 0 Å². The second-order valence-corrected chi connectivity index (χ2v) is 20.8. The van der Waals surface area contributed by atoms with Crippen molar-refractivity contribution in [1.29, 1.82) is 0 Å². The number of aromatic nitrogens is 1. The zero-order valence-electron chi connectivity index (χ0n) is 39.5. The summed E-state index contributed by atoms with van der Waals surface area (Å²) in [7, 11) is 0. The zero-order valence-corrected chi connectivity index (χ0v) is 40.3. The molecule has 5 aliphatic rings. The lowest BCUT2D eigenvalue weighted by atomic mass is 9.72. The molecule has 1 aromatic rings. The fraction of sp³-hybridized carbons (Fsp3) is 0.796. The summed E-state index contributed by atoms with van der Waals surface area (Å²) in [5, 5.41) is 36.9. The van der Waals surface area contributed by atoms with Crippen molar-refractivity contribution in [3.63, 3.8) is 0 Å². The van der Waals surface area contributed by atoms with E-state index < -0.39 is 89.0 Å². The van der Waals surface area contributed by atoms with Gasteiger partial charge in [0.25, 0.3) is 5.91 Å². The van der Waals surface area contributed by atoms with Crippen molar-refractivity contribution in [2.45, 2.75) is 204 Å². The lowest BCUT2D eigenvalue weighted by Crippen LogP contribution is -2.65. The number of aliphatic hydroxyl groups excluding tert-OH is 1. The highest BCUT2D eigenvalue weighted by molar-refractivity contribution is 7.98. The number of Topliss-reactive ketones (excluding diaryl/α,β-unsaturated/α-hetero) is 1. The number of ketones is 1. The van der Waals surface area contributed by atoms with Crippen LogP contribution in [-0.2, 0) is 33.3 Å². The average molecular weight is 901 g/mol. The Kier molecular flexibility index (Phi) is 15.7. The molecule has 1 aromatic heterocycles. The molecule has 6 heterocycles. The van der Waals surface area contributed by atoms with Gasteiger partial charge < -0.3 is 44.3 Å². The second-order valence-electron chi connectivity index (χ2n) is 20.0. The van der Waals surface area contributed by atoms with Crippen molar-refractivity contribution in [2.75, 3.05) is 6.26 Å². The van der Waals surface area contributed by atoms with Gasteiger partial charge in [0.1, 0.15) is 16.9 Å². The quantitative estimate of drug-likeness (QED) is 0.0992. The van der Waals surface area contributed by atoms with E-state index in [2.05, 4.69) is 31.1 Å². The fourth-order valence-corrected chi connectivity index (χ4v) is 12.2. The predicted molar refractivity (Wildman–Crippen MR) is 240 cm³/mol. The molecule has 0 bridgehead atoms. The van der Waals surface area contributed by atoms with E-state index in [0.29, 0.717) is 68.4 Å². The van der Waals surface area contributed by atoms with Gasteiger partial charge in [0.05, 0.1) is 59.3 Å². The van der Waals surface area contributed by atoms with Gasteiger partial charge in [0, 0.05) is 36.3 Å². The molecule has 0 aromatic carbocycles. The van der Waals surface area contributed by atoms with Crippen LogP contribution < -0.4 is 5.32 Å². The number of hydrogen-bond acceptors (Lipinski definition) is 12. The number of carboxylic acids is 1. The Balaban J connectivity index is 1.27. The maximum Gasteiger partial charge on any atom is 0.309 e. The van der Waals surface area contributed by atoms with Crippen LogP contribution in [0.4, 0.5) is 0 Å². The van der Waals surface area contributed by atoms with Crippen LogP contribution in [0.3, 0.4) is 0 Å². The molecule has 4 fully saturated rings. The Labute approximate surface area is 379 Å². The number of carbonyl (C=O) groups excluding carboxylic acids is 2. The summed E-state index contributed by atoms with van der Waals surface area (Å²) >= 11 is 1.39. The number of ether oxygens (including phenoxy) is 5. The van der Waals surface area contributed by atoms with Crippen LogP contribution in [-0.4, -0.2) is 110 Å². The molecular formula is C49H76N2O11S. The van der Waals surface area contributed by atoms with Crippen LogP contribution in [0.5, 0.6) is 0 Å². The number of carboxylic acid groups (broad SMARTS) is 1. The van der Waals surface area contributed by atoms with Crippen molar-refractivity contribution in [1.82, 2.24) is 10.3 Å². The maximum absolute atomic E-state index is 14.7. The molecule has 4 N–H and O–H groups in total. The summed E-state index contributed by atoms with van der Waals surface area (Å²) in [6, 6.07) is 2.77. The van der Waals surface area contributed by atoms with Crippen molar-refractivity contribution < 1.29 is 53.4 Å². The van der Waals surface area contributed by atoms with Gasteiger partial charge in [-0.2, -0.15) is 0 Å². The van der Waals surface area contributed by atoms with Gasteiger partial charge in [-0.3, -0.25) is 14.4 Å². The smallest absolute Gasteiger partial charge is 0.309 e. The first kappa shape index (κ1) is 50.0. The number of aliphatic hydroxyl groups is 2.